The molecule has 2 aromatic rings. The maximum Gasteiger partial charge on any atom is 0.240 e. The Morgan fingerprint density at radius 3 is 2.54 bits per heavy atom. The molecule has 2 N–H and O–H groups in total. The summed E-state index contributed by atoms with van der Waals surface area (Å²) in [4.78, 5) is 12.1. The van der Waals surface area contributed by atoms with Gasteiger partial charge in [-0.1, -0.05) is 18.2 Å². The van der Waals surface area contributed by atoms with Gasteiger partial charge in [0.1, 0.15) is 11.5 Å². The number of amides is 1. The van der Waals surface area contributed by atoms with E-state index < -0.39 is 0 Å². The normalized spacial score (nSPS) is 21.9. The van der Waals surface area contributed by atoms with Crippen molar-refractivity contribution in [2.75, 3.05) is 0 Å². The number of aryl methyl sites for hydroxylation is 1. The molecule has 1 heterocycles. The molecular weight excluding hydrogens is 304 g/mol. The molecule has 1 aliphatic heterocycles. The van der Waals surface area contributed by atoms with Crippen LogP contribution in [0.25, 0.3) is 0 Å². The minimum absolute atomic E-state index is 0.0905. The number of fused-ring (bicyclic) bond motifs is 3. The van der Waals surface area contributed by atoms with Crippen LogP contribution in [0.4, 0.5) is 0 Å². The van der Waals surface area contributed by atoms with Gasteiger partial charge < -0.3 is 10.2 Å². The Labute approximate surface area is 139 Å². The topological polar surface area (TPSA) is 73.1 Å². The van der Waals surface area contributed by atoms with E-state index in [9.17, 15) is 15.0 Å². The summed E-state index contributed by atoms with van der Waals surface area (Å²) in [6.07, 6.45) is 1.78. The number of carbonyl (C=O) groups is 1. The number of phenols is 2. The van der Waals surface area contributed by atoms with E-state index in [1.165, 1.54) is 11.9 Å². The minimum atomic E-state index is -0.173. The summed E-state index contributed by atoms with van der Waals surface area (Å²) in [5.74, 6) is 0.384. The van der Waals surface area contributed by atoms with Gasteiger partial charge in [-0.3, -0.25) is 4.79 Å². The molecule has 0 bridgehead atoms. The highest BCUT2D eigenvalue weighted by Gasteiger charge is 2.43. The average molecular weight is 322 g/mol. The second-order valence-electron chi connectivity index (χ2n) is 6.37. The van der Waals surface area contributed by atoms with Crippen molar-refractivity contribution in [2.45, 2.75) is 25.8 Å². The lowest BCUT2D eigenvalue weighted by atomic mass is 9.77. The van der Waals surface area contributed by atoms with Gasteiger partial charge >= 0.3 is 0 Å². The van der Waals surface area contributed by atoms with Crippen molar-refractivity contribution in [1.82, 2.24) is 5.01 Å². The third-order valence-electron chi connectivity index (χ3n) is 4.86. The summed E-state index contributed by atoms with van der Waals surface area (Å²) in [6.45, 7) is 1.51. The van der Waals surface area contributed by atoms with Crippen LogP contribution in [0.15, 0.2) is 47.6 Å². The van der Waals surface area contributed by atoms with E-state index in [2.05, 4.69) is 5.10 Å². The van der Waals surface area contributed by atoms with Crippen LogP contribution in [0.3, 0.4) is 0 Å². The molecule has 4 rings (SSSR count). The lowest BCUT2D eigenvalue weighted by Gasteiger charge is -2.29. The Bertz CT molecular complexity index is 842. The fraction of sp³-hybridized carbons (Fsp3) is 0.263. The van der Waals surface area contributed by atoms with Gasteiger partial charge in [-0.05, 0) is 48.2 Å². The predicted octanol–water partition coefficient (Wildman–Crippen LogP) is 2.97. The quantitative estimate of drug-likeness (QED) is 0.848. The third-order valence-corrected chi connectivity index (χ3v) is 4.86. The number of phenolic OH excluding ortho intramolecular Hbond substituents is 2. The Hall–Kier alpha value is -2.82. The van der Waals surface area contributed by atoms with Gasteiger partial charge in [-0.2, -0.15) is 5.10 Å². The van der Waals surface area contributed by atoms with Crippen molar-refractivity contribution in [1.29, 1.82) is 0 Å². The number of rotatable bonds is 1. The molecule has 2 aliphatic rings. The average Bonchev–Trinajstić information content (AvgIpc) is 2.96. The van der Waals surface area contributed by atoms with Crippen molar-refractivity contribution in [3.63, 3.8) is 0 Å². The molecule has 0 spiro atoms. The minimum Gasteiger partial charge on any atom is -0.508 e. The van der Waals surface area contributed by atoms with Crippen molar-refractivity contribution in [2.24, 2.45) is 11.0 Å². The highest BCUT2D eigenvalue weighted by Crippen LogP contribution is 2.44. The molecule has 2 atom stereocenters. The van der Waals surface area contributed by atoms with Gasteiger partial charge in [-0.15, -0.1) is 0 Å². The van der Waals surface area contributed by atoms with Crippen molar-refractivity contribution in [3.05, 3.63) is 59.2 Å². The SMILES string of the molecule is CC(=O)N1N=C2c3cc(O)ccc3CC[C@@H]2[C@@H]1c1ccc(O)cc1. The summed E-state index contributed by atoms with van der Waals surface area (Å²) >= 11 is 0. The Balaban J connectivity index is 1.81. The first kappa shape index (κ1) is 14.8. The van der Waals surface area contributed by atoms with E-state index in [0.717, 1.165) is 35.2 Å². The summed E-state index contributed by atoms with van der Waals surface area (Å²) in [6, 6.07) is 12.1. The first-order valence-corrected chi connectivity index (χ1v) is 8.04. The molecule has 0 unspecified atom stereocenters. The molecule has 1 aliphatic carbocycles. The zero-order valence-electron chi connectivity index (χ0n) is 13.3. The summed E-state index contributed by atoms with van der Waals surface area (Å²) in [5, 5.41) is 25.5. The molecule has 5 nitrogen and oxygen atoms in total. The van der Waals surface area contributed by atoms with Crippen molar-refractivity contribution < 1.29 is 15.0 Å². The lowest BCUT2D eigenvalue weighted by Crippen LogP contribution is -2.30. The predicted molar refractivity (Wildman–Crippen MR) is 89.8 cm³/mol. The van der Waals surface area contributed by atoms with Gasteiger partial charge in [0.15, 0.2) is 0 Å². The molecule has 1 amide bonds. The molecule has 24 heavy (non-hydrogen) atoms. The maximum atomic E-state index is 12.1. The van der Waals surface area contributed by atoms with Gasteiger partial charge in [-0.25, -0.2) is 5.01 Å². The van der Waals surface area contributed by atoms with Crippen LogP contribution in [0.5, 0.6) is 11.5 Å². The largest absolute Gasteiger partial charge is 0.508 e. The van der Waals surface area contributed by atoms with Gasteiger partial charge in [0.2, 0.25) is 5.91 Å². The standard InChI is InChI=1S/C19H18N2O3/c1-11(22)21-19(13-3-6-14(23)7-4-13)16-9-5-12-2-8-15(24)10-17(12)18(16)20-21/h2-4,6-8,10,16,19,23-24H,5,9H2,1H3/t16-,19-/m0/s1. The molecule has 5 heteroatoms. The van der Waals surface area contributed by atoms with Crippen LogP contribution >= 0.6 is 0 Å². The smallest absolute Gasteiger partial charge is 0.240 e. The molecule has 0 radical (unpaired) electrons. The zero-order chi connectivity index (χ0) is 16.8. The Morgan fingerprint density at radius 2 is 1.83 bits per heavy atom. The zero-order valence-corrected chi connectivity index (χ0v) is 13.3. The molecule has 122 valence electrons. The molecule has 0 aromatic heterocycles. The van der Waals surface area contributed by atoms with E-state index >= 15 is 0 Å². The number of carbonyl (C=O) groups excluding carboxylic acids is 1. The fourth-order valence-corrected chi connectivity index (χ4v) is 3.76. The number of aromatic hydroxyl groups is 2. The summed E-state index contributed by atoms with van der Waals surface area (Å²) < 4.78 is 0. The first-order valence-electron chi connectivity index (χ1n) is 8.04. The Morgan fingerprint density at radius 1 is 1.12 bits per heavy atom. The number of hydrazone groups is 1. The number of benzene rings is 2. The van der Waals surface area contributed by atoms with Gasteiger partial charge in [0.25, 0.3) is 0 Å². The second-order valence-corrected chi connectivity index (χ2v) is 6.37. The van der Waals surface area contributed by atoms with Crippen LogP contribution in [0.1, 0.15) is 36.1 Å². The summed E-state index contributed by atoms with van der Waals surface area (Å²) in [7, 11) is 0. The molecular formula is C19H18N2O3. The maximum absolute atomic E-state index is 12.1. The summed E-state index contributed by atoms with van der Waals surface area (Å²) in [5.41, 5.74) is 3.90. The molecule has 2 aromatic carbocycles. The monoisotopic (exact) mass is 322 g/mol. The lowest BCUT2D eigenvalue weighted by molar-refractivity contribution is -0.131. The van der Waals surface area contributed by atoms with Crippen LogP contribution in [0.2, 0.25) is 0 Å². The van der Waals surface area contributed by atoms with E-state index in [4.69, 9.17) is 0 Å². The molecule has 0 saturated heterocycles. The van der Waals surface area contributed by atoms with E-state index in [1.54, 1.807) is 24.3 Å². The van der Waals surface area contributed by atoms with Gasteiger partial charge in [0, 0.05) is 18.4 Å². The van der Waals surface area contributed by atoms with Crippen molar-refractivity contribution >= 4 is 11.6 Å². The number of hydrogen-bond acceptors (Lipinski definition) is 4. The Kier molecular flexibility index (Phi) is 3.30. The van der Waals surface area contributed by atoms with Crippen LogP contribution in [-0.4, -0.2) is 26.8 Å². The highest BCUT2D eigenvalue weighted by molar-refractivity contribution is 6.07. The molecule has 0 fully saturated rings. The highest BCUT2D eigenvalue weighted by atomic mass is 16.3. The second kappa shape index (κ2) is 5.37. The van der Waals surface area contributed by atoms with E-state index in [1.807, 2.05) is 18.2 Å². The van der Waals surface area contributed by atoms with E-state index in [-0.39, 0.29) is 29.4 Å². The van der Waals surface area contributed by atoms with Crippen molar-refractivity contribution in [3.8, 4) is 11.5 Å². The van der Waals surface area contributed by atoms with E-state index in [0.29, 0.717) is 0 Å². The first-order chi connectivity index (χ1) is 11.5. The third kappa shape index (κ3) is 2.24. The van der Waals surface area contributed by atoms with Crippen LogP contribution < -0.4 is 0 Å². The fourth-order valence-electron chi connectivity index (χ4n) is 3.76. The molecule has 0 saturated carbocycles. The number of nitrogens with zero attached hydrogens (tertiary/aromatic N) is 2. The number of hydrogen-bond donors (Lipinski definition) is 2. The van der Waals surface area contributed by atoms with Gasteiger partial charge in [0.05, 0.1) is 11.8 Å². The van der Waals surface area contributed by atoms with Crippen LogP contribution in [-0.2, 0) is 11.2 Å². The van der Waals surface area contributed by atoms with Crippen LogP contribution in [0, 0.1) is 5.92 Å².